The van der Waals surface area contributed by atoms with Crippen molar-refractivity contribution in [3.8, 4) is 0 Å². The molecule has 1 rings (SSSR count). The number of rotatable bonds is 6. The van der Waals surface area contributed by atoms with Gasteiger partial charge in [-0.25, -0.2) is 0 Å². The highest BCUT2D eigenvalue weighted by atomic mass is 14.9. The lowest BCUT2D eigenvalue weighted by Gasteiger charge is -2.45. The molecular formula is C18H37N. The lowest BCUT2D eigenvalue weighted by Crippen LogP contribution is -2.40. The maximum atomic E-state index is 3.70. The van der Waals surface area contributed by atoms with Crippen LogP contribution in [0.15, 0.2) is 0 Å². The highest BCUT2D eigenvalue weighted by molar-refractivity contribution is 4.91. The summed E-state index contributed by atoms with van der Waals surface area (Å²) in [4.78, 5) is 0. The van der Waals surface area contributed by atoms with Crippen molar-refractivity contribution in [1.29, 1.82) is 0 Å². The molecule has 0 atom stereocenters. The number of nitrogens with one attached hydrogen (secondary N) is 1. The topological polar surface area (TPSA) is 12.0 Å². The molecule has 0 amide bonds. The van der Waals surface area contributed by atoms with Gasteiger partial charge in [-0.1, -0.05) is 41.5 Å². The third-order valence-electron chi connectivity index (χ3n) is 5.04. The Morgan fingerprint density at radius 2 is 1.74 bits per heavy atom. The van der Waals surface area contributed by atoms with Gasteiger partial charge in [0.2, 0.25) is 0 Å². The molecule has 0 radical (unpaired) electrons. The lowest BCUT2D eigenvalue weighted by molar-refractivity contribution is 0.0702. The largest absolute Gasteiger partial charge is 0.316 e. The van der Waals surface area contributed by atoms with Crippen molar-refractivity contribution in [1.82, 2.24) is 5.32 Å². The highest BCUT2D eigenvalue weighted by Crippen LogP contribution is 2.47. The van der Waals surface area contributed by atoms with Crippen LogP contribution in [-0.4, -0.2) is 13.1 Å². The third kappa shape index (κ3) is 5.45. The van der Waals surface area contributed by atoms with Crippen LogP contribution in [0, 0.1) is 22.7 Å². The molecule has 1 N–H and O–H groups in total. The summed E-state index contributed by atoms with van der Waals surface area (Å²) in [5.74, 6) is 1.76. The predicted molar refractivity (Wildman–Crippen MR) is 86.5 cm³/mol. The van der Waals surface area contributed by atoms with Gasteiger partial charge in [-0.05, 0) is 67.7 Å². The summed E-state index contributed by atoms with van der Waals surface area (Å²) >= 11 is 0. The first-order chi connectivity index (χ1) is 8.79. The van der Waals surface area contributed by atoms with Gasteiger partial charge in [-0.15, -0.1) is 0 Å². The molecule has 19 heavy (non-hydrogen) atoms. The predicted octanol–water partition coefficient (Wildman–Crippen LogP) is 5.25. The Kier molecular flexibility index (Phi) is 6.36. The van der Waals surface area contributed by atoms with Crippen LogP contribution in [0.3, 0.4) is 0 Å². The molecule has 1 saturated carbocycles. The molecule has 1 heteroatoms. The zero-order valence-corrected chi connectivity index (χ0v) is 14.3. The molecule has 114 valence electrons. The van der Waals surface area contributed by atoms with E-state index in [-0.39, 0.29) is 0 Å². The summed E-state index contributed by atoms with van der Waals surface area (Å²) in [5.41, 5.74) is 1.09. The molecule has 0 unspecified atom stereocenters. The first-order valence-electron chi connectivity index (χ1n) is 8.50. The van der Waals surface area contributed by atoms with Crippen LogP contribution in [0.1, 0.15) is 80.1 Å². The van der Waals surface area contributed by atoms with Gasteiger partial charge in [-0.2, -0.15) is 0 Å². The van der Waals surface area contributed by atoms with Crippen LogP contribution in [-0.2, 0) is 0 Å². The Morgan fingerprint density at radius 3 is 2.16 bits per heavy atom. The van der Waals surface area contributed by atoms with Crippen LogP contribution in [0.5, 0.6) is 0 Å². The van der Waals surface area contributed by atoms with E-state index in [1.807, 2.05) is 0 Å². The van der Waals surface area contributed by atoms with Crippen molar-refractivity contribution in [2.45, 2.75) is 80.1 Å². The fourth-order valence-corrected chi connectivity index (χ4v) is 3.95. The summed E-state index contributed by atoms with van der Waals surface area (Å²) < 4.78 is 0. The van der Waals surface area contributed by atoms with Gasteiger partial charge in [0.25, 0.3) is 0 Å². The molecule has 0 spiro atoms. The third-order valence-corrected chi connectivity index (χ3v) is 5.04. The fourth-order valence-electron chi connectivity index (χ4n) is 3.95. The average molecular weight is 268 g/mol. The molecule has 1 aliphatic rings. The Labute approximate surface area is 121 Å². The van der Waals surface area contributed by atoms with Gasteiger partial charge in [0.05, 0.1) is 0 Å². The maximum Gasteiger partial charge on any atom is 0.000791 e. The first kappa shape index (κ1) is 17.0. The van der Waals surface area contributed by atoms with E-state index >= 15 is 0 Å². The van der Waals surface area contributed by atoms with E-state index in [4.69, 9.17) is 0 Å². The smallest absolute Gasteiger partial charge is 0.000791 e. The fraction of sp³-hybridized carbons (Fsp3) is 1.00. The number of hydrogen-bond donors (Lipinski definition) is 1. The van der Waals surface area contributed by atoms with E-state index in [0.717, 1.165) is 11.8 Å². The maximum absolute atomic E-state index is 3.70. The summed E-state index contributed by atoms with van der Waals surface area (Å²) in [6.45, 7) is 16.7. The van der Waals surface area contributed by atoms with E-state index in [1.165, 1.54) is 51.6 Å². The summed E-state index contributed by atoms with van der Waals surface area (Å²) in [7, 11) is 0. The van der Waals surface area contributed by atoms with Crippen molar-refractivity contribution in [2.24, 2.45) is 22.7 Å². The van der Waals surface area contributed by atoms with Crippen molar-refractivity contribution in [3.63, 3.8) is 0 Å². The summed E-state index contributed by atoms with van der Waals surface area (Å²) in [5, 5.41) is 3.70. The second-order valence-corrected chi connectivity index (χ2v) is 8.42. The highest BCUT2D eigenvalue weighted by Gasteiger charge is 2.38. The van der Waals surface area contributed by atoms with E-state index < -0.39 is 0 Å². The standard InChI is InChI=1S/C18H37N/c1-7-12-19-14-18(13-15(2)3)10-8-16(9-11-18)17(4,5)6/h15-16,19H,7-14H2,1-6H3. The molecule has 0 aromatic rings. The van der Waals surface area contributed by atoms with Crippen molar-refractivity contribution in [3.05, 3.63) is 0 Å². The van der Waals surface area contributed by atoms with Gasteiger partial charge in [0.15, 0.2) is 0 Å². The van der Waals surface area contributed by atoms with Crippen LogP contribution in [0.4, 0.5) is 0 Å². The average Bonchev–Trinajstić information content (AvgIpc) is 2.27. The van der Waals surface area contributed by atoms with Gasteiger partial charge >= 0.3 is 0 Å². The summed E-state index contributed by atoms with van der Waals surface area (Å²) in [6, 6.07) is 0. The Balaban J connectivity index is 2.58. The molecule has 1 nitrogen and oxygen atoms in total. The monoisotopic (exact) mass is 267 g/mol. The van der Waals surface area contributed by atoms with Crippen molar-refractivity contribution < 1.29 is 0 Å². The van der Waals surface area contributed by atoms with Crippen LogP contribution >= 0.6 is 0 Å². The molecular weight excluding hydrogens is 230 g/mol. The SMILES string of the molecule is CCCNCC1(CC(C)C)CCC(C(C)(C)C)CC1. The Morgan fingerprint density at radius 1 is 1.16 bits per heavy atom. The first-order valence-corrected chi connectivity index (χ1v) is 8.50. The normalized spacial score (nSPS) is 28.9. The van der Waals surface area contributed by atoms with E-state index in [1.54, 1.807) is 0 Å². The quantitative estimate of drug-likeness (QED) is 0.648. The second kappa shape index (κ2) is 7.11. The van der Waals surface area contributed by atoms with E-state index in [9.17, 15) is 0 Å². The Hall–Kier alpha value is -0.0400. The van der Waals surface area contributed by atoms with Gasteiger partial charge in [0.1, 0.15) is 0 Å². The Bertz CT molecular complexity index is 241. The molecule has 0 aliphatic heterocycles. The second-order valence-electron chi connectivity index (χ2n) is 8.42. The van der Waals surface area contributed by atoms with Crippen molar-refractivity contribution >= 4 is 0 Å². The molecule has 1 fully saturated rings. The van der Waals surface area contributed by atoms with Gasteiger partial charge in [0, 0.05) is 6.54 Å². The van der Waals surface area contributed by atoms with Gasteiger partial charge < -0.3 is 5.32 Å². The van der Waals surface area contributed by atoms with Crippen molar-refractivity contribution in [2.75, 3.05) is 13.1 Å². The molecule has 0 bridgehead atoms. The minimum atomic E-state index is 0.501. The van der Waals surface area contributed by atoms with E-state index in [2.05, 4.69) is 46.9 Å². The number of hydrogen-bond acceptors (Lipinski definition) is 1. The molecule has 0 aromatic heterocycles. The minimum Gasteiger partial charge on any atom is -0.316 e. The van der Waals surface area contributed by atoms with Gasteiger partial charge in [-0.3, -0.25) is 0 Å². The zero-order chi connectivity index (χ0) is 14.5. The molecule has 0 heterocycles. The molecule has 1 aliphatic carbocycles. The zero-order valence-electron chi connectivity index (χ0n) is 14.3. The van der Waals surface area contributed by atoms with E-state index in [0.29, 0.717) is 10.8 Å². The summed E-state index contributed by atoms with van der Waals surface area (Å²) in [6.07, 6.45) is 8.39. The van der Waals surface area contributed by atoms with Crippen LogP contribution in [0.2, 0.25) is 0 Å². The molecule has 0 saturated heterocycles. The lowest BCUT2D eigenvalue weighted by atomic mass is 9.62. The molecule has 0 aromatic carbocycles. The van der Waals surface area contributed by atoms with Crippen LogP contribution < -0.4 is 5.32 Å². The minimum absolute atomic E-state index is 0.501. The van der Waals surface area contributed by atoms with Crippen LogP contribution in [0.25, 0.3) is 0 Å².